The van der Waals surface area contributed by atoms with Gasteiger partial charge in [0.05, 0.1) is 12.8 Å². The van der Waals surface area contributed by atoms with Gasteiger partial charge < -0.3 is 15.0 Å². The van der Waals surface area contributed by atoms with E-state index in [0.717, 1.165) is 23.2 Å². The number of fused-ring (bicyclic) bond motifs is 1. The molecule has 1 heterocycles. The molecule has 1 N–H and O–H groups in total. The number of nitrogens with one attached hydrogen (secondary N) is 1. The topological polar surface area (TPSA) is 58.6 Å². The quantitative estimate of drug-likeness (QED) is 0.779. The van der Waals surface area contributed by atoms with Gasteiger partial charge >= 0.3 is 0 Å². The molecule has 4 rings (SSSR count). The summed E-state index contributed by atoms with van der Waals surface area (Å²) in [4.78, 5) is 28.4. The molecule has 1 aliphatic heterocycles. The van der Waals surface area contributed by atoms with E-state index in [4.69, 9.17) is 16.3 Å². The van der Waals surface area contributed by atoms with Crippen molar-refractivity contribution in [1.29, 1.82) is 0 Å². The Morgan fingerprint density at radius 1 is 1.25 bits per heavy atom. The molecular formula is C22H23ClN2O3. The van der Waals surface area contributed by atoms with Crippen LogP contribution >= 0.6 is 11.6 Å². The molecule has 0 saturated heterocycles. The first-order chi connectivity index (χ1) is 13.4. The summed E-state index contributed by atoms with van der Waals surface area (Å²) < 4.78 is 5.34. The average molecular weight is 399 g/mol. The van der Waals surface area contributed by atoms with Crippen molar-refractivity contribution in [2.24, 2.45) is 5.41 Å². The van der Waals surface area contributed by atoms with Crippen LogP contribution in [0.1, 0.15) is 30.9 Å². The maximum Gasteiger partial charge on any atom is 0.242 e. The smallest absolute Gasteiger partial charge is 0.242 e. The molecule has 6 heteroatoms. The predicted octanol–water partition coefficient (Wildman–Crippen LogP) is 4.35. The SMILES string of the molecule is COc1cc(Cl)c(C)cc1NC(=O)C1(C(=O)N2c3ccccc3CC2C)CC1. The van der Waals surface area contributed by atoms with Crippen molar-refractivity contribution in [3.8, 4) is 5.75 Å². The van der Waals surface area contributed by atoms with E-state index in [2.05, 4.69) is 5.32 Å². The van der Waals surface area contributed by atoms with Crippen molar-refractivity contribution in [3.63, 3.8) is 0 Å². The lowest BCUT2D eigenvalue weighted by Crippen LogP contribution is -2.45. The Balaban J connectivity index is 1.61. The third-order valence-corrected chi connectivity index (χ3v) is 6.16. The minimum absolute atomic E-state index is 0.0440. The number of anilines is 2. The Morgan fingerprint density at radius 2 is 1.96 bits per heavy atom. The molecular weight excluding hydrogens is 376 g/mol. The number of carbonyl (C=O) groups excluding carboxylic acids is 2. The highest BCUT2D eigenvalue weighted by Gasteiger charge is 2.59. The number of amides is 2. The normalized spacial score (nSPS) is 19.1. The number of para-hydroxylation sites is 1. The van der Waals surface area contributed by atoms with Gasteiger partial charge in [0.2, 0.25) is 11.8 Å². The average Bonchev–Trinajstić information content (AvgIpc) is 3.41. The minimum Gasteiger partial charge on any atom is -0.495 e. The summed E-state index contributed by atoms with van der Waals surface area (Å²) in [5.74, 6) is 0.0771. The summed E-state index contributed by atoms with van der Waals surface area (Å²) in [6.07, 6.45) is 1.92. The standard InChI is InChI=1S/C22H23ClN2O3/c1-13-10-17(19(28-3)12-16(13)23)24-20(26)22(8-9-22)21(27)25-14(2)11-15-6-4-5-7-18(15)25/h4-7,10,12,14H,8-9,11H2,1-3H3,(H,24,26). The van der Waals surface area contributed by atoms with Crippen molar-refractivity contribution in [1.82, 2.24) is 0 Å². The van der Waals surface area contributed by atoms with Crippen LogP contribution in [0.4, 0.5) is 11.4 Å². The van der Waals surface area contributed by atoms with E-state index in [-0.39, 0.29) is 17.9 Å². The Hall–Kier alpha value is -2.53. The molecule has 2 aromatic carbocycles. The van der Waals surface area contributed by atoms with Gasteiger partial charge in [-0.3, -0.25) is 9.59 Å². The number of nitrogens with zero attached hydrogens (tertiary/aromatic N) is 1. The van der Waals surface area contributed by atoms with Crippen LogP contribution in [-0.4, -0.2) is 25.0 Å². The first kappa shape index (κ1) is 18.8. The number of hydrogen-bond donors (Lipinski definition) is 1. The summed E-state index contributed by atoms with van der Waals surface area (Å²) in [5, 5.41) is 3.47. The van der Waals surface area contributed by atoms with E-state index >= 15 is 0 Å². The number of aryl methyl sites for hydroxylation is 1. The summed E-state index contributed by atoms with van der Waals surface area (Å²) in [6.45, 7) is 3.88. The molecule has 0 aromatic heterocycles. The van der Waals surface area contributed by atoms with Gasteiger partial charge in [-0.1, -0.05) is 29.8 Å². The van der Waals surface area contributed by atoms with Gasteiger partial charge in [0.25, 0.3) is 0 Å². The Bertz CT molecular complexity index is 968. The maximum atomic E-state index is 13.4. The molecule has 1 unspecified atom stereocenters. The van der Waals surface area contributed by atoms with Gasteiger partial charge in [-0.2, -0.15) is 0 Å². The van der Waals surface area contributed by atoms with Crippen LogP contribution in [0, 0.1) is 12.3 Å². The lowest BCUT2D eigenvalue weighted by molar-refractivity contribution is -0.132. The molecule has 1 aliphatic carbocycles. The third-order valence-electron chi connectivity index (χ3n) is 5.75. The molecule has 0 spiro atoms. The lowest BCUT2D eigenvalue weighted by Gasteiger charge is -2.27. The van der Waals surface area contributed by atoms with Gasteiger partial charge in [-0.25, -0.2) is 0 Å². The molecule has 1 saturated carbocycles. The van der Waals surface area contributed by atoms with Crippen molar-refractivity contribution < 1.29 is 14.3 Å². The van der Waals surface area contributed by atoms with E-state index in [0.29, 0.717) is 29.3 Å². The number of methoxy groups -OCH3 is 1. The second-order valence-electron chi connectivity index (χ2n) is 7.69. The van der Waals surface area contributed by atoms with Gasteiger partial charge in [0.15, 0.2) is 0 Å². The maximum absolute atomic E-state index is 13.4. The van der Waals surface area contributed by atoms with Crippen LogP contribution < -0.4 is 15.0 Å². The van der Waals surface area contributed by atoms with Gasteiger partial charge in [-0.15, -0.1) is 0 Å². The Labute approximate surface area is 169 Å². The van der Waals surface area contributed by atoms with E-state index in [9.17, 15) is 9.59 Å². The van der Waals surface area contributed by atoms with Gasteiger partial charge in [0.1, 0.15) is 11.2 Å². The van der Waals surface area contributed by atoms with Crippen molar-refractivity contribution in [3.05, 3.63) is 52.5 Å². The fraction of sp³-hybridized carbons (Fsp3) is 0.364. The van der Waals surface area contributed by atoms with Crippen LogP contribution in [-0.2, 0) is 16.0 Å². The first-order valence-corrected chi connectivity index (χ1v) is 9.82. The fourth-order valence-corrected chi connectivity index (χ4v) is 4.09. The fourth-order valence-electron chi connectivity index (χ4n) is 3.94. The van der Waals surface area contributed by atoms with E-state index < -0.39 is 5.41 Å². The van der Waals surface area contributed by atoms with E-state index in [1.807, 2.05) is 38.1 Å². The van der Waals surface area contributed by atoms with Crippen molar-refractivity contribution in [2.75, 3.05) is 17.3 Å². The molecule has 0 radical (unpaired) electrons. The minimum atomic E-state index is -1.01. The second-order valence-corrected chi connectivity index (χ2v) is 8.10. The second kappa shape index (κ2) is 6.82. The van der Waals surface area contributed by atoms with Crippen LogP contribution in [0.25, 0.3) is 0 Å². The first-order valence-electron chi connectivity index (χ1n) is 9.44. The summed E-state index contributed by atoms with van der Waals surface area (Å²) >= 11 is 6.15. The molecule has 2 amide bonds. The predicted molar refractivity (Wildman–Crippen MR) is 110 cm³/mol. The number of carbonyl (C=O) groups is 2. The number of ether oxygens (including phenoxy) is 1. The zero-order valence-electron chi connectivity index (χ0n) is 16.2. The Morgan fingerprint density at radius 3 is 2.64 bits per heavy atom. The zero-order valence-corrected chi connectivity index (χ0v) is 17.0. The van der Waals surface area contributed by atoms with E-state index in [1.54, 1.807) is 17.0 Å². The molecule has 1 atom stereocenters. The number of halogens is 1. The summed E-state index contributed by atoms with van der Waals surface area (Å²) in [7, 11) is 1.53. The van der Waals surface area contributed by atoms with Crippen LogP contribution in [0.5, 0.6) is 5.75 Å². The number of hydrogen-bond acceptors (Lipinski definition) is 3. The molecule has 1 fully saturated rings. The van der Waals surface area contributed by atoms with Crippen LogP contribution in [0.15, 0.2) is 36.4 Å². The molecule has 5 nitrogen and oxygen atoms in total. The monoisotopic (exact) mass is 398 g/mol. The molecule has 28 heavy (non-hydrogen) atoms. The highest BCUT2D eigenvalue weighted by Crippen LogP contribution is 2.51. The van der Waals surface area contributed by atoms with Gasteiger partial charge in [0, 0.05) is 22.8 Å². The Kier molecular flexibility index (Phi) is 4.58. The van der Waals surface area contributed by atoms with Gasteiger partial charge in [-0.05, 0) is 56.4 Å². The third kappa shape index (κ3) is 2.94. The number of benzene rings is 2. The van der Waals surface area contributed by atoms with Crippen molar-refractivity contribution in [2.45, 2.75) is 39.2 Å². The summed E-state index contributed by atoms with van der Waals surface area (Å²) in [5.41, 5.74) is 2.41. The van der Waals surface area contributed by atoms with Crippen LogP contribution in [0.2, 0.25) is 5.02 Å². The van der Waals surface area contributed by atoms with E-state index in [1.165, 1.54) is 7.11 Å². The molecule has 146 valence electrons. The highest BCUT2D eigenvalue weighted by molar-refractivity contribution is 6.31. The van der Waals surface area contributed by atoms with Crippen molar-refractivity contribution >= 4 is 34.8 Å². The van der Waals surface area contributed by atoms with Crippen LogP contribution in [0.3, 0.4) is 0 Å². The molecule has 2 aliphatic rings. The highest BCUT2D eigenvalue weighted by atomic mass is 35.5. The largest absolute Gasteiger partial charge is 0.495 e. The lowest BCUT2D eigenvalue weighted by atomic mass is 10.0. The molecule has 0 bridgehead atoms. The zero-order chi connectivity index (χ0) is 20.1. The molecule has 2 aromatic rings. The number of rotatable bonds is 4. The summed E-state index contributed by atoms with van der Waals surface area (Å²) in [6, 6.07) is 11.4.